The van der Waals surface area contributed by atoms with Gasteiger partial charge in [0.2, 0.25) is 0 Å². The first kappa shape index (κ1) is 8.75. The molecule has 0 atom stereocenters. The van der Waals surface area contributed by atoms with Gasteiger partial charge in [0, 0.05) is 12.4 Å². The van der Waals surface area contributed by atoms with Crippen molar-refractivity contribution >= 4 is 0 Å². The Morgan fingerprint density at radius 3 is 2.50 bits per heavy atom. The van der Waals surface area contributed by atoms with E-state index in [2.05, 4.69) is 11.9 Å². The maximum atomic E-state index is 5.58. The molecular weight excluding hydrogens is 174 g/mol. The van der Waals surface area contributed by atoms with E-state index in [1.807, 2.05) is 36.4 Å². The van der Waals surface area contributed by atoms with Gasteiger partial charge in [-0.3, -0.25) is 4.98 Å². The van der Waals surface area contributed by atoms with Crippen LogP contribution in [0.5, 0.6) is 11.5 Å². The third-order valence-corrected chi connectivity index (χ3v) is 1.78. The first-order valence-electron chi connectivity index (χ1n) is 4.34. The quantitative estimate of drug-likeness (QED) is 0.715. The highest BCUT2D eigenvalue weighted by Gasteiger charge is 1.95. The third-order valence-electron chi connectivity index (χ3n) is 1.78. The number of pyridine rings is 1. The Balaban J connectivity index is 2.19. The predicted octanol–water partition coefficient (Wildman–Crippen LogP) is 3.06. The highest BCUT2D eigenvalue weighted by Crippen LogP contribution is 2.20. The fraction of sp³-hybridized carbons (Fsp3) is 0. The average molecular weight is 184 g/mol. The van der Waals surface area contributed by atoms with Crippen LogP contribution in [0.2, 0.25) is 0 Å². The second-order valence-electron chi connectivity index (χ2n) is 2.93. The Morgan fingerprint density at radius 2 is 1.79 bits per heavy atom. The van der Waals surface area contributed by atoms with Crippen LogP contribution in [0.1, 0.15) is 5.56 Å². The van der Waals surface area contributed by atoms with Crippen LogP contribution in [0, 0.1) is 6.92 Å². The van der Waals surface area contributed by atoms with Crippen LogP contribution >= 0.6 is 0 Å². The summed E-state index contributed by atoms with van der Waals surface area (Å²) in [4.78, 5) is 3.91. The molecule has 2 aromatic rings. The first-order chi connectivity index (χ1) is 6.84. The van der Waals surface area contributed by atoms with Crippen molar-refractivity contribution in [2.24, 2.45) is 0 Å². The molecule has 0 unspecified atom stereocenters. The van der Waals surface area contributed by atoms with Gasteiger partial charge >= 0.3 is 0 Å². The first-order valence-corrected chi connectivity index (χ1v) is 4.34. The summed E-state index contributed by atoms with van der Waals surface area (Å²) in [6.07, 6.45) is 3.40. The zero-order valence-corrected chi connectivity index (χ0v) is 7.68. The van der Waals surface area contributed by atoms with E-state index in [4.69, 9.17) is 4.74 Å². The normalized spacial score (nSPS) is 9.79. The lowest BCUT2D eigenvalue weighted by atomic mass is 10.2. The fourth-order valence-corrected chi connectivity index (χ4v) is 1.15. The number of nitrogens with zero attached hydrogens (tertiary/aromatic N) is 1. The van der Waals surface area contributed by atoms with E-state index in [-0.39, 0.29) is 0 Å². The zero-order valence-electron chi connectivity index (χ0n) is 7.68. The molecule has 1 radical (unpaired) electrons. The van der Waals surface area contributed by atoms with Gasteiger partial charge in [0.1, 0.15) is 11.5 Å². The Morgan fingerprint density at radius 1 is 1.00 bits per heavy atom. The van der Waals surface area contributed by atoms with Gasteiger partial charge in [0.25, 0.3) is 0 Å². The van der Waals surface area contributed by atoms with Gasteiger partial charge < -0.3 is 4.74 Å². The molecule has 1 aromatic carbocycles. The van der Waals surface area contributed by atoms with Crippen LogP contribution in [0.4, 0.5) is 0 Å². The van der Waals surface area contributed by atoms with E-state index < -0.39 is 0 Å². The SMILES string of the molecule is [CH2]c1cccc(Oc2ccncc2)c1. The summed E-state index contributed by atoms with van der Waals surface area (Å²) >= 11 is 0. The monoisotopic (exact) mass is 184 g/mol. The molecule has 2 nitrogen and oxygen atoms in total. The van der Waals surface area contributed by atoms with Crippen molar-refractivity contribution in [3.05, 3.63) is 61.3 Å². The summed E-state index contributed by atoms with van der Waals surface area (Å²) in [6.45, 7) is 3.83. The van der Waals surface area contributed by atoms with Crippen LogP contribution in [0.3, 0.4) is 0 Å². The second-order valence-corrected chi connectivity index (χ2v) is 2.93. The number of ether oxygens (including phenoxy) is 1. The topological polar surface area (TPSA) is 22.1 Å². The summed E-state index contributed by atoms with van der Waals surface area (Å²) in [7, 11) is 0. The van der Waals surface area contributed by atoms with Crippen LogP contribution < -0.4 is 4.74 Å². The third kappa shape index (κ3) is 2.10. The van der Waals surface area contributed by atoms with Crippen molar-refractivity contribution in [2.45, 2.75) is 0 Å². The van der Waals surface area contributed by atoms with Crippen molar-refractivity contribution in [1.29, 1.82) is 0 Å². The van der Waals surface area contributed by atoms with E-state index in [9.17, 15) is 0 Å². The highest BCUT2D eigenvalue weighted by atomic mass is 16.5. The van der Waals surface area contributed by atoms with E-state index in [1.165, 1.54) is 0 Å². The Hall–Kier alpha value is -1.83. The maximum absolute atomic E-state index is 5.58. The van der Waals surface area contributed by atoms with Gasteiger partial charge in [0.05, 0.1) is 0 Å². The molecule has 0 N–H and O–H groups in total. The van der Waals surface area contributed by atoms with Gasteiger partial charge in [-0.1, -0.05) is 12.1 Å². The molecule has 0 saturated carbocycles. The summed E-state index contributed by atoms with van der Waals surface area (Å²) in [5.41, 5.74) is 0.941. The zero-order chi connectivity index (χ0) is 9.80. The highest BCUT2D eigenvalue weighted by molar-refractivity contribution is 5.33. The summed E-state index contributed by atoms with van der Waals surface area (Å²) < 4.78 is 5.58. The number of rotatable bonds is 2. The minimum absolute atomic E-state index is 0.783. The Labute approximate surface area is 83.2 Å². The molecule has 0 amide bonds. The number of hydrogen-bond acceptors (Lipinski definition) is 2. The number of hydrogen-bond donors (Lipinski definition) is 0. The molecule has 2 heteroatoms. The molecule has 1 aromatic heterocycles. The maximum Gasteiger partial charge on any atom is 0.130 e. The van der Waals surface area contributed by atoms with E-state index in [1.54, 1.807) is 12.4 Å². The Bertz CT molecular complexity index is 412. The Kier molecular flexibility index (Phi) is 2.45. The van der Waals surface area contributed by atoms with Crippen LogP contribution in [0.25, 0.3) is 0 Å². The molecule has 0 saturated heterocycles. The lowest BCUT2D eigenvalue weighted by Crippen LogP contribution is -1.84. The van der Waals surface area contributed by atoms with Crippen molar-refractivity contribution in [3.8, 4) is 11.5 Å². The average Bonchev–Trinajstić information content (AvgIpc) is 2.19. The van der Waals surface area contributed by atoms with E-state index in [0.717, 1.165) is 17.1 Å². The van der Waals surface area contributed by atoms with Gasteiger partial charge in [-0.2, -0.15) is 0 Å². The summed E-state index contributed by atoms with van der Waals surface area (Å²) in [6, 6.07) is 11.3. The summed E-state index contributed by atoms with van der Waals surface area (Å²) in [5.74, 6) is 1.58. The van der Waals surface area contributed by atoms with Crippen molar-refractivity contribution in [1.82, 2.24) is 4.98 Å². The molecule has 0 fully saturated rings. The molecule has 1 heterocycles. The minimum atomic E-state index is 0.783. The van der Waals surface area contributed by atoms with Gasteiger partial charge in [-0.15, -0.1) is 0 Å². The van der Waals surface area contributed by atoms with E-state index in [0.29, 0.717) is 0 Å². The lowest BCUT2D eigenvalue weighted by molar-refractivity contribution is 0.482. The van der Waals surface area contributed by atoms with Crippen molar-refractivity contribution in [3.63, 3.8) is 0 Å². The molecule has 14 heavy (non-hydrogen) atoms. The number of aromatic nitrogens is 1. The predicted molar refractivity (Wildman–Crippen MR) is 55.2 cm³/mol. The number of benzene rings is 1. The van der Waals surface area contributed by atoms with Crippen LogP contribution in [-0.4, -0.2) is 4.98 Å². The van der Waals surface area contributed by atoms with E-state index >= 15 is 0 Å². The molecule has 69 valence electrons. The van der Waals surface area contributed by atoms with Gasteiger partial charge in [-0.05, 0) is 36.8 Å². The van der Waals surface area contributed by atoms with Crippen molar-refractivity contribution in [2.75, 3.05) is 0 Å². The molecule has 2 rings (SSSR count). The summed E-state index contributed by atoms with van der Waals surface area (Å²) in [5, 5.41) is 0. The minimum Gasteiger partial charge on any atom is -0.457 e. The smallest absolute Gasteiger partial charge is 0.130 e. The van der Waals surface area contributed by atoms with Crippen LogP contribution in [-0.2, 0) is 0 Å². The lowest BCUT2D eigenvalue weighted by Gasteiger charge is -2.04. The molecule has 0 spiro atoms. The van der Waals surface area contributed by atoms with Gasteiger partial charge in [0.15, 0.2) is 0 Å². The molecule has 0 bridgehead atoms. The molecular formula is C12H10NO. The largest absolute Gasteiger partial charge is 0.457 e. The van der Waals surface area contributed by atoms with Crippen LogP contribution in [0.15, 0.2) is 48.8 Å². The van der Waals surface area contributed by atoms with Crippen molar-refractivity contribution < 1.29 is 4.74 Å². The standard InChI is InChI=1S/C12H10NO/c1-10-3-2-4-12(9-10)14-11-5-7-13-8-6-11/h2-9H,1H2. The second kappa shape index (κ2) is 3.92. The fourth-order valence-electron chi connectivity index (χ4n) is 1.15. The molecule has 0 aliphatic carbocycles. The molecule has 0 aliphatic rings. The van der Waals surface area contributed by atoms with Gasteiger partial charge in [-0.25, -0.2) is 0 Å². The molecule has 0 aliphatic heterocycles.